The van der Waals surface area contributed by atoms with E-state index in [4.69, 9.17) is 0 Å². The predicted molar refractivity (Wildman–Crippen MR) is 119 cm³/mol. The molecular formula is C18H37IN4S. The number of thioether (sulfide) groups is 1. The normalized spacial score (nSPS) is 24.1. The number of hydrogen-bond donors (Lipinski definition) is 1. The summed E-state index contributed by atoms with van der Waals surface area (Å²) in [4.78, 5) is 9.62. The van der Waals surface area contributed by atoms with Crippen molar-refractivity contribution in [2.45, 2.75) is 45.3 Å². The molecule has 1 atom stereocenters. The Morgan fingerprint density at radius 3 is 2.54 bits per heavy atom. The monoisotopic (exact) mass is 468 g/mol. The van der Waals surface area contributed by atoms with E-state index >= 15 is 0 Å². The average Bonchev–Trinajstić information content (AvgIpc) is 2.57. The largest absolute Gasteiger partial charge is 0.356 e. The molecule has 142 valence electrons. The van der Waals surface area contributed by atoms with Crippen LogP contribution in [-0.2, 0) is 0 Å². The smallest absolute Gasteiger partial charge is 0.193 e. The van der Waals surface area contributed by atoms with Crippen molar-refractivity contribution >= 4 is 41.7 Å². The Labute approximate surface area is 170 Å². The fourth-order valence-corrected chi connectivity index (χ4v) is 4.87. The zero-order valence-electron chi connectivity index (χ0n) is 16.0. The SMILES string of the molecule is CCCN1CCC(CNC(=NC)N2CCSC(C(C)C)C2)CC1.I. The Balaban J connectivity index is 0.00000288. The minimum Gasteiger partial charge on any atom is -0.356 e. The third kappa shape index (κ3) is 6.90. The number of halogens is 1. The maximum absolute atomic E-state index is 4.55. The van der Waals surface area contributed by atoms with E-state index in [2.05, 4.69) is 52.6 Å². The second-order valence-corrected chi connectivity index (χ2v) is 8.66. The van der Waals surface area contributed by atoms with Crippen molar-refractivity contribution in [3.05, 3.63) is 0 Å². The van der Waals surface area contributed by atoms with E-state index < -0.39 is 0 Å². The summed E-state index contributed by atoms with van der Waals surface area (Å²) in [6, 6.07) is 0. The lowest BCUT2D eigenvalue weighted by molar-refractivity contribution is 0.184. The number of nitrogens with zero attached hydrogens (tertiary/aromatic N) is 3. The van der Waals surface area contributed by atoms with Crippen LogP contribution in [0.25, 0.3) is 0 Å². The fraction of sp³-hybridized carbons (Fsp3) is 0.944. The Hall–Kier alpha value is 0.310. The molecule has 0 aromatic rings. The van der Waals surface area contributed by atoms with E-state index in [0.717, 1.165) is 42.7 Å². The van der Waals surface area contributed by atoms with E-state index in [9.17, 15) is 0 Å². The van der Waals surface area contributed by atoms with Gasteiger partial charge >= 0.3 is 0 Å². The molecule has 0 radical (unpaired) electrons. The van der Waals surface area contributed by atoms with Crippen molar-refractivity contribution in [2.75, 3.05) is 52.1 Å². The van der Waals surface area contributed by atoms with Crippen molar-refractivity contribution in [3.63, 3.8) is 0 Å². The van der Waals surface area contributed by atoms with Gasteiger partial charge in [-0.3, -0.25) is 4.99 Å². The first-order valence-corrected chi connectivity index (χ1v) is 10.5. The molecule has 0 aliphatic carbocycles. The molecule has 6 heteroatoms. The van der Waals surface area contributed by atoms with E-state index in [0.29, 0.717) is 0 Å². The van der Waals surface area contributed by atoms with E-state index in [-0.39, 0.29) is 24.0 Å². The molecule has 0 spiro atoms. The molecule has 2 aliphatic rings. The summed E-state index contributed by atoms with van der Waals surface area (Å²) in [6.07, 6.45) is 3.93. The second kappa shape index (κ2) is 11.8. The first-order valence-electron chi connectivity index (χ1n) is 9.43. The van der Waals surface area contributed by atoms with Gasteiger partial charge in [0.25, 0.3) is 0 Å². The predicted octanol–water partition coefficient (Wildman–Crippen LogP) is 3.38. The Morgan fingerprint density at radius 1 is 1.25 bits per heavy atom. The highest BCUT2D eigenvalue weighted by Gasteiger charge is 2.25. The topological polar surface area (TPSA) is 30.9 Å². The van der Waals surface area contributed by atoms with Crippen LogP contribution in [0.2, 0.25) is 0 Å². The van der Waals surface area contributed by atoms with Crippen LogP contribution in [0.15, 0.2) is 4.99 Å². The summed E-state index contributed by atoms with van der Waals surface area (Å²) in [7, 11) is 1.93. The first-order chi connectivity index (χ1) is 11.1. The molecule has 2 rings (SSSR count). The third-order valence-corrected chi connectivity index (χ3v) is 6.68. The van der Waals surface area contributed by atoms with E-state index in [1.807, 2.05) is 7.05 Å². The van der Waals surface area contributed by atoms with E-state index in [1.165, 1.54) is 44.6 Å². The fourth-order valence-electron chi connectivity index (χ4n) is 3.57. The molecule has 2 fully saturated rings. The van der Waals surface area contributed by atoms with Gasteiger partial charge < -0.3 is 15.1 Å². The summed E-state index contributed by atoms with van der Waals surface area (Å²) < 4.78 is 0. The van der Waals surface area contributed by atoms with Gasteiger partial charge in [-0.15, -0.1) is 24.0 Å². The van der Waals surface area contributed by atoms with Crippen molar-refractivity contribution in [1.29, 1.82) is 0 Å². The standard InChI is InChI=1S/C18H36N4S.HI/c1-5-8-21-9-6-16(7-10-21)13-20-18(19-4)22-11-12-23-17(14-22)15(2)3;/h15-17H,5-14H2,1-4H3,(H,19,20);1H. The molecule has 2 aliphatic heterocycles. The highest BCUT2D eigenvalue weighted by Crippen LogP contribution is 2.25. The maximum Gasteiger partial charge on any atom is 0.193 e. The number of nitrogens with one attached hydrogen (secondary N) is 1. The van der Waals surface area contributed by atoms with Crippen molar-refractivity contribution in [1.82, 2.24) is 15.1 Å². The van der Waals surface area contributed by atoms with Gasteiger partial charge in [-0.25, -0.2) is 0 Å². The van der Waals surface area contributed by atoms with Crippen molar-refractivity contribution in [3.8, 4) is 0 Å². The first kappa shape index (κ1) is 22.4. The van der Waals surface area contributed by atoms with Gasteiger partial charge in [0.1, 0.15) is 0 Å². The van der Waals surface area contributed by atoms with Crippen LogP contribution < -0.4 is 5.32 Å². The van der Waals surface area contributed by atoms with Crippen molar-refractivity contribution in [2.24, 2.45) is 16.8 Å². The molecular weight excluding hydrogens is 431 g/mol. The Morgan fingerprint density at radius 2 is 1.96 bits per heavy atom. The van der Waals surface area contributed by atoms with Gasteiger partial charge in [-0.05, 0) is 50.7 Å². The number of hydrogen-bond acceptors (Lipinski definition) is 3. The molecule has 0 aromatic carbocycles. The van der Waals surface area contributed by atoms with Crippen molar-refractivity contribution < 1.29 is 0 Å². The lowest BCUT2D eigenvalue weighted by Gasteiger charge is -2.37. The molecule has 4 nitrogen and oxygen atoms in total. The Kier molecular flexibility index (Phi) is 11.0. The molecule has 2 saturated heterocycles. The van der Waals surface area contributed by atoms with Gasteiger partial charge in [-0.1, -0.05) is 20.8 Å². The minimum absolute atomic E-state index is 0. The number of likely N-dealkylation sites (tertiary alicyclic amines) is 1. The van der Waals surface area contributed by atoms with Crippen LogP contribution in [0.1, 0.15) is 40.0 Å². The molecule has 2 heterocycles. The maximum atomic E-state index is 4.55. The number of guanidine groups is 1. The summed E-state index contributed by atoms with van der Waals surface area (Å²) in [5.74, 6) is 3.88. The average molecular weight is 468 g/mol. The van der Waals surface area contributed by atoms with Gasteiger partial charge in [0.15, 0.2) is 5.96 Å². The third-order valence-electron chi connectivity index (χ3n) is 5.14. The molecule has 0 bridgehead atoms. The van der Waals surface area contributed by atoms with Gasteiger partial charge in [-0.2, -0.15) is 11.8 Å². The quantitative estimate of drug-likeness (QED) is 0.381. The minimum atomic E-state index is 0. The van der Waals surface area contributed by atoms with Crippen LogP contribution in [0, 0.1) is 11.8 Å². The lowest BCUT2D eigenvalue weighted by Crippen LogP contribution is -2.50. The zero-order valence-corrected chi connectivity index (χ0v) is 19.1. The Bertz CT molecular complexity index is 370. The molecule has 1 N–H and O–H groups in total. The second-order valence-electron chi connectivity index (χ2n) is 7.31. The van der Waals surface area contributed by atoms with Gasteiger partial charge in [0.05, 0.1) is 0 Å². The number of rotatable bonds is 5. The van der Waals surface area contributed by atoms with Gasteiger partial charge in [0.2, 0.25) is 0 Å². The number of piperidine rings is 1. The lowest BCUT2D eigenvalue weighted by atomic mass is 9.97. The number of aliphatic imine (C=N–C) groups is 1. The van der Waals surface area contributed by atoms with Crippen LogP contribution in [-0.4, -0.2) is 73.1 Å². The summed E-state index contributed by atoms with van der Waals surface area (Å²) >= 11 is 2.12. The molecule has 24 heavy (non-hydrogen) atoms. The highest BCUT2D eigenvalue weighted by atomic mass is 127. The summed E-state index contributed by atoms with van der Waals surface area (Å²) in [5.41, 5.74) is 0. The highest BCUT2D eigenvalue weighted by molar-refractivity contribution is 14.0. The van der Waals surface area contributed by atoms with E-state index in [1.54, 1.807) is 0 Å². The molecule has 0 saturated carbocycles. The van der Waals surface area contributed by atoms with Crippen LogP contribution >= 0.6 is 35.7 Å². The molecule has 0 aromatic heterocycles. The summed E-state index contributed by atoms with van der Waals surface area (Å²) in [6.45, 7) is 14.1. The molecule has 1 unspecified atom stereocenters. The van der Waals surface area contributed by atoms with Gasteiger partial charge in [0, 0.05) is 37.7 Å². The van der Waals surface area contributed by atoms with Crippen LogP contribution in [0.3, 0.4) is 0 Å². The molecule has 0 amide bonds. The van der Waals surface area contributed by atoms with Crippen LogP contribution in [0.4, 0.5) is 0 Å². The zero-order chi connectivity index (χ0) is 16.7. The van der Waals surface area contributed by atoms with Crippen LogP contribution in [0.5, 0.6) is 0 Å². The summed E-state index contributed by atoms with van der Waals surface area (Å²) in [5, 5.41) is 4.40.